The second-order valence-electron chi connectivity index (χ2n) is 3.74. The normalized spacial score (nSPS) is 11.4. The van der Waals surface area contributed by atoms with Crippen LogP contribution in [-0.2, 0) is 7.05 Å². The number of benzene rings is 1. The highest BCUT2D eigenvalue weighted by atomic mass is 19.4. The standard InChI is InChI=1S/C12H9F3N2O2/c1-17-10(5-6-16-17)11(18)8-3-2-4-9(7-8)19-12(13,14)15/h2-7H,1H3. The summed E-state index contributed by atoms with van der Waals surface area (Å²) in [6.07, 6.45) is -3.35. The van der Waals surface area contributed by atoms with Crippen molar-refractivity contribution in [1.82, 2.24) is 9.78 Å². The molecule has 0 bridgehead atoms. The van der Waals surface area contributed by atoms with Gasteiger partial charge in [0.25, 0.3) is 0 Å². The van der Waals surface area contributed by atoms with E-state index in [0.29, 0.717) is 0 Å². The first-order chi connectivity index (χ1) is 8.87. The molecule has 0 spiro atoms. The minimum absolute atomic E-state index is 0.102. The average molecular weight is 270 g/mol. The van der Waals surface area contributed by atoms with Crippen LogP contribution in [-0.4, -0.2) is 21.9 Å². The summed E-state index contributed by atoms with van der Waals surface area (Å²) in [5.41, 5.74) is 0.384. The van der Waals surface area contributed by atoms with Crippen molar-refractivity contribution in [2.75, 3.05) is 0 Å². The molecule has 0 saturated carbocycles. The number of alkyl halides is 3. The van der Waals surface area contributed by atoms with E-state index in [2.05, 4.69) is 9.84 Å². The van der Waals surface area contributed by atoms with Gasteiger partial charge in [-0.2, -0.15) is 5.10 Å². The fourth-order valence-electron chi connectivity index (χ4n) is 1.58. The van der Waals surface area contributed by atoms with Crippen LogP contribution in [0, 0.1) is 0 Å². The van der Waals surface area contributed by atoms with E-state index >= 15 is 0 Å². The smallest absolute Gasteiger partial charge is 0.406 e. The molecule has 0 aliphatic heterocycles. The molecular formula is C12H9F3N2O2. The number of hydrogen-bond donors (Lipinski definition) is 0. The van der Waals surface area contributed by atoms with Crippen LogP contribution in [0.3, 0.4) is 0 Å². The number of carbonyl (C=O) groups excluding carboxylic acids is 1. The number of carbonyl (C=O) groups is 1. The van der Waals surface area contributed by atoms with Crippen molar-refractivity contribution in [2.24, 2.45) is 7.05 Å². The van der Waals surface area contributed by atoms with E-state index in [1.807, 2.05) is 0 Å². The first-order valence-corrected chi connectivity index (χ1v) is 5.25. The van der Waals surface area contributed by atoms with Gasteiger partial charge in [0.2, 0.25) is 5.78 Å². The van der Waals surface area contributed by atoms with E-state index in [1.54, 1.807) is 7.05 Å². The Kier molecular flexibility index (Phi) is 3.28. The summed E-state index contributed by atoms with van der Waals surface area (Å²) < 4.78 is 41.4. The van der Waals surface area contributed by atoms with Gasteiger partial charge in [0.1, 0.15) is 11.4 Å². The third-order valence-electron chi connectivity index (χ3n) is 2.38. The van der Waals surface area contributed by atoms with E-state index in [-0.39, 0.29) is 11.3 Å². The number of halogens is 3. The Hall–Kier alpha value is -2.31. The molecule has 19 heavy (non-hydrogen) atoms. The molecule has 1 heterocycles. The second-order valence-corrected chi connectivity index (χ2v) is 3.74. The van der Waals surface area contributed by atoms with E-state index in [1.165, 1.54) is 29.1 Å². The van der Waals surface area contributed by atoms with Crippen molar-refractivity contribution < 1.29 is 22.7 Å². The molecule has 0 saturated heterocycles. The molecule has 2 aromatic rings. The summed E-state index contributed by atoms with van der Waals surface area (Å²) in [5.74, 6) is -0.854. The van der Waals surface area contributed by atoms with Crippen molar-refractivity contribution in [3.8, 4) is 5.75 Å². The first kappa shape index (κ1) is 13.1. The van der Waals surface area contributed by atoms with E-state index in [4.69, 9.17) is 0 Å². The summed E-state index contributed by atoms with van der Waals surface area (Å²) in [6, 6.07) is 6.40. The molecule has 0 fully saturated rings. The summed E-state index contributed by atoms with van der Waals surface area (Å²) >= 11 is 0. The number of nitrogens with zero attached hydrogens (tertiary/aromatic N) is 2. The van der Waals surface area contributed by atoms with Crippen molar-refractivity contribution >= 4 is 5.78 Å². The lowest BCUT2D eigenvalue weighted by Crippen LogP contribution is -2.17. The van der Waals surface area contributed by atoms with Crippen molar-refractivity contribution in [3.05, 3.63) is 47.8 Å². The molecule has 0 atom stereocenters. The van der Waals surface area contributed by atoms with Crippen LogP contribution < -0.4 is 4.74 Å². The lowest BCUT2D eigenvalue weighted by molar-refractivity contribution is -0.274. The minimum Gasteiger partial charge on any atom is -0.406 e. The van der Waals surface area contributed by atoms with Crippen LogP contribution in [0.5, 0.6) is 5.75 Å². The third kappa shape index (κ3) is 3.12. The number of hydrogen-bond acceptors (Lipinski definition) is 3. The molecule has 0 radical (unpaired) electrons. The molecule has 100 valence electrons. The van der Waals surface area contributed by atoms with Crippen molar-refractivity contribution in [3.63, 3.8) is 0 Å². The van der Waals surface area contributed by atoms with Crippen LogP contribution in [0.2, 0.25) is 0 Å². The topological polar surface area (TPSA) is 44.1 Å². The Morgan fingerprint density at radius 1 is 1.32 bits per heavy atom. The largest absolute Gasteiger partial charge is 0.573 e. The van der Waals surface area contributed by atoms with Crippen LogP contribution in [0.1, 0.15) is 16.1 Å². The van der Waals surface area contributed by atoms with E-state index in [9.17, 15) is 18.0 Å². The zero-order chi connectivity index (χ0) is 14.0. The Morgan fingerprint density at radius 2 is 2.05 bits per heavy atom. The molecule has 1 aromatic carbocycles. The molecule has 0 N–H and O–H groups in total. The van der Waals surface area contributed by atoms with Gasteiger partial charge in [-0.3, -0.25) is 9.48 Å². The highest BCUT2D eigenvalue weighted by Gasteiger charge is 2.31. The zero-order valence-electron chi connectivity index (χ0n) is 9.81. The summed E-state index contributed by atoms with van der Waals surface area (Å²) in [5, 5.41) is 3.83. The molecule has 4 nitrogen and oxygen atoms in total. The monoisotopic (exact) mass is 270 g/mol. The van der Waals surface area contributed by atoms with E-state index in [0.717, 1.165) is 12.1 Å². The maximum atomic E-state index is 12.1. The Bertz CT molecular complexity index is 605. The molecule has 0 amide bonds. The predicted octanol–water partition coefficient (Wildman–Crippen LogP) is 2.55. The van der Waals surface area contributed by atoms with Gasteiger partial charge in [-0.1, -0.05) is 12.1 Å². The number of ether oxygens (including phenoxy) is 1. The Morgan fingerprint density at radius 3 is 2.63 bits per heavy atom. The molecule has 0 aliphatic carbocycles. The second kappa shape index (κ2) is 4.75. The Balaban J connectivity index is 2.29. The number of ketones is 1. The van der Waals surface area contributed by atoms with Gasteiger partial charge in [0.05, 0.1) is 0 Å². The summed E-state index contributed by atoms with van der Waals surface area (Å²) in [4.78, 5) is 12.0. The molecular weight excluding hydrogens is 261 g/mol. The van der Waals surface area contributed by atoms with Crippen LogP contribution in [0.15, 0.2) is 36.5 Å². The van der Waals surface area contributed by atoms with Gasteiger partial charge in [-0.25, -0.2) is 0 Å². The average Bonchev–Trinajstić information content (AvgIpc) is 2.72. The van der Waals surface area contributed by atoms with Crippen LogP contribution in [0.25, 0.3) is 0 Å². The van der Waals surface area contributed by atoms with Gasteiger partial charge >= 0.3 is 6.36 Å². The van der Waals surface area contributed by atoms with Crippen LogP contribution in [0.4, 0.5) is 13.2 Å². The number of aryl methyl sites for hydroxylation is 1. The fourth-order valence-corrected chi connectivity index (χ4v) is 1.58. The first-order valence-electron chi connectivity index (χ1n) is 5.25. The number of aromatic nitrogens is 2. The summed E-state index contributed by atoms with van der Waals surface area (Å²) in [7, 11) is 1.57. The lowest BCUT2D eigenvalue weighted by atomic mass is 10.1. The third-order valence-corrected chi connectivity index (χ3v) is 2.38. The van der Waals surface area contributed by atoms with Crippen molar-refractivity contribution in [2.45, 2.75) is 6.36 Å². The molecule has 0 unspecified atom stereocenters. The molecule has 1 aromatic heterocycles. The van der Waals surface area contributed by atoms with Crippen molar-refractivity contribution in [1.29, 1.82) is 0 Å². The predicted molar refractivity (Wildman–Crippen MR) is 59.8 cm³/mol. The van der Waals surface area contributed by atoms with Gasteiger partial charge in [0.15, 0.2) is 0 Å². The maximum absolute atomic E-state index is 12.1. The molecule has 0 aliphatic rings. The highest BCUT2D eigenvalue weighted by Crippen LogP contribution is 2.24. The number of rotatable bonds is 3. The van der Waals surface area contributed by atoms with Gasteiger partial charge in [0, 0.05) is 18.8 Å². The fraction of sp³-hybridized carbons (Fsp3) is 0.167. The van der Waals surface area contributed by atoms with E-state index < -0.39 is 17.9 Å². The summed E-state index contributed by atoms with van der Waals surface area (Å²) in [6.45, 7) is 0. The highest BCUT2D eigenvalue weighted by molar-refractivity contribution is 6.08. The van der Waals surface area contributed by atoms with Gasteiger partial charge in [-0.15, -0.1) is 13.2 Å². The molecule has 7 heteroatoms. The lowest BCUT2D eigenvalue weighted by Gasteiger charge is -2.09. The zero-order valence-corrected chi connectivity index (χ0v) is 9.81. The maximum Gasteiger partial charge on any atom is 0.573 e. The van der Waals surface area contributed by atoms with Gasteiger partial charge in [-0.05, 0) is 18.2 Å². The van der Waals surface area contributed by atoms with Crippen LogP contribution >= 0.6 is 0 Å². The molecule has 2 rings (SSSR count). The quantitative estimate of drug-likeness (QED) is 0.805. The SMILES string of the molecule is Cn1nccc1C(=O)c1cccc(OC(F)(F)F)c1. The Labute approximate surface area is 106 Å². The minimum atomic E-state index is -4.78. The van der Waals surface area contributed by atoms with Gasteiger partial charge < -0.3 is 4.74 Å².